The quantitative estimate of drug-likeness (QED) is 0.340. The lowest BCUT2D eigenvalue weighted by atomic mass is 10.6. The van der Waals surface area contributed by atoms with E-state index in [0.29, 0.717) is 5.84 Å². The summed E-state index contributed by atoms with van der Waals surface area (Å²) < 4.78 is 0. The zero-order chi connectivity index (χ0) is 5.11. The van der Waals surface area contributed by atoms with Crippen molar-refractivity contribution in [2.45, 2.75) is 0 Å². The first-order valence-electron chi connectivity index (χ1n) is 1.79. The molecule has 0 unspecified atom stereocenters. The third kappa shape index (κ3) is 0.623. The van der Waals surface area contributed by atoms with Gasteiger partial charge in [-0.2, -0.15) is 10.2 Å². The predicted molar refractivity (Wildman–Crippen MR) is 25.6 cm³/mol. The highest BCUT2D eigenvalue weighted by Crippen LogP contribution is 1.92. The van der Waals surface area contributed by atoms with Crippen LogP contribution in [0.4, 0.5) is 0 Å². The van der Waals surface area contributed by atoms with Crippen molar-refractivity contribution >= 4 is 5.84 Å². The average Bonchev–Trinajstić information content (AvgIpc) is 2.14. The number of rotatable bonds is 0. The van der Waals surface area contributed by atoms with E-state index < -0.39 is 0 Å². The largest absolute Gasteiger partial charge is 0.321 e. The number of azo groups is 1. The Hall–Kier alpha value is -1.19. The fourth-order valence-electron chi connectivity index (χ4n) is 0.295. The van der Waals surface area contributed by atoms with Crippen molar-refractivity contribution in [3.05, 3.63) is 12.3 Å². The Morgan fingerprint density at radius 1 is 1.71 bits per heavy atom. The van der Waals surface area contributed by atoms with Crippen LogP contribution in [0.5, 0.6) is 0 Å². The highest BCUT2D eigenvalue weighted by molar-refractivity contribution is 5.94. The van der Waals surface area contributed by atoms with Gasteiger partial charge in [0.1, 0.15) is 0 Å². The summed E-state index contributed by atoms with van der Waals surface area (Å²) >= 11 is 0. The van der Waals surface area contributed by atoms with Crippen LogP contribution >= 0.6 is 0 Å². The Balaban J connectivity index is 2.79. The van der Waals surface area contributed by atoms with Gasteiger partial charge in [-0.1, -0.05) is 0 Å². The Morgan fingerprint density at radius 3 is 2.86 bits per heavy atom. The second-order valence-electron chi connectivity index (χ2n) is 1.02. The van der Waals surface area contributed by atoms with Gasteiger partial charge in [0.2, 0.25) is 0 Å². The normalized spacial score (nSPS) is 22.0. The minimum atomic E-state index is 0.472. The molecular formula is C3H4N4. The second kappa shape index (κ2) is 1.51. The van der Waals surface area contributed by atoms with E-state index in [1.807, 2.05) is 0 Å². The maximum atomic E-state index is 4.82. The Bertz CT molecular complexity index is 129. The molecule has 0 radical (unpaired) electrons. The first-order chi connectivity index (χ1) is 3.43. The molecule has 0 bridgehead atoms. The lowest BCUT2D eigenvalue weighted by Crippen LogP contribution is -1.88. The molecule has 1 rings (SSSR count). The molecule has 0 spiro atoms. The Labute approximate surface area is 40.4 Å². The second-order valence-corrected chi connectivity index (χ2v) is 1.02. The van der Waals surface area contributed by atoms with Crippen LogP contribution in [0.15, 0.2) is 27.6 Å². The van der Waals surface area contributed by atoms with Gasteiger partial charge in [0.25, 0.3) is 0 Å². The molecule has 7 heavy (non-hydrogen) atoms. The number of nitrogens with zero attached hydrogens (tertiary/aromatic N) is 3. The maximum Gasteiger partial charge on any atom is 0.194 e. The van der Waals surface area contributed by atoms with Crippen molar-refractivity contribution in [3.8, 4) is 0 Å². The van der Waals surface area contributed by atoms with Crippen molar-refractivity contribution in [1.29, 1.82) is 0 Å². The summed E-state index contributed by atoms with van der Waals surface area (Å²) in [7, 11) is 0. The van der Waals surface area contributed by atoms with Crippen LogP contribution in [0.25, 0.3) is 0 Å². The topological polar surface area (TPSA) is 63.1 Å². The first kappa shape index (κ1) is 3.98. The fraction of sp³-hybridized carbons (Fsp3) is 0. The van der Waals surface area contributed by atoms with Crippen LogP contribution in [0.1, 0.15) is 0 Å². The third-order valence-electron chi connectivity index (χ3n) is 0.583. The van der Waals surface area contributed by atoms with E-state index in [9.17, 15) is 0 Å². The van der Waals surface area contributed by atoms with Crippen molar-refractivity contribution < 1.29 is 0 Å². The standard InChI is InChI=1S/C3H4N4/c4-6-3-1-2-5-7-3/h1-2H,4H2. The van der Waals surface area contributed by atoms with Gasteiger partial charge in [0.15, 0.2) is 5.84 Å². The molecule has 36 valence electrons. The summed E-state index contributed by atoms with van der Waals surface area (Å²) in [6, 6.07) is 0. The fourth-order valence-corrected chi connectivity index (χ4v) is 0.295. The molecule has 0 atom stereocenters. The predicted octanol–water partition coefficient (Wildman–Crippen LogP) is 0.238. The summed E-state index contributed by atoms with van der Waals surface area (Å²) in [6.07, 6.45) is 3.16. The molecule has 0 amide bonds. The molecule has 4 heteroatoms. The summed E-state index contributed by atoms with van der Waals surface area (Å²) in [5.41, 5.74) is 0. The zero-order valence-electron chi connectivity index (χ0n) is 3.57. The Kier molecular flexibility index (Phi) is 0.856. The van der Waals surface area contributed by atoms with Gasteiger partial charge in [-0.3, -0.25) is 0 Å². The van der Waals surface area contributed by atoms with Gasteiger partial charge in [0.05, 0.1) is 6.20 Å². The number of hydrazone groups is 1. The van der Waals surface area contributed by atoms with Gasteiger partial charge >= 0.3 is 0 Å². The van der Waals surface area contributed by atoms with Crippen molar-refractivity contribution in [2.75, 3.05) is 0 Å². The van der Waals surface area contributed by atoms with Crippen molar-refractivity contribution in [1.82, 2.24) is 0 Å². The highest BCUT2D eigenvalue weighted by atomic mass is 15.2. The van der Waals surface area contributed by atoms with Gasteiger partial charge in [0, 0.05) is 6.08 Å². The van der Waals surface area contributed by atoms with Crippen LogP contribution < -0.4 is 5.84 Å². The molecular weight excluding hydrogens is 92.1 g/mol. The van der Waals surface area contributed by atoms with Crippen LogP contribution in [-0.4, -0.2) is 5.84 Å². The van der Waals surface area contributed by atoms with Gasteiger partial charge in [-0.15, -0.1) is 5.11 Å². The van der Waals surface area contributed by atoms with Gasteiger partial charge in [-0.25, -0.2) is 0 Å². The van der Waals surface area contributed by atoms with E-state index in [1.165, 1.54) is 6.20 Å². The molecule has 0 aromatic heterocycles. The molecule has 2 N–H and O–H groups in total. The number of amidine groups is 1. The van der Waals surface area contributed by atoms with Gasteiger partial charge in [-0.05, 0) is 0 Å². The molecule has 0 aromatic carbocycles. The molecule has 1 aliphatic heterocycles. The van der Waals surface area contributed by atoms with Crippen molar-refractivity contribution in [3.63, 3.8) is 0 Å². The average molecular weight is 96.1 g/mol. The summed E-state index contributed by atoms with van der Waals surface area (Å²) in [5.74, 6) is 5.29. The van der Waals surface area contributed by atoms with Crippen molar-refractivity contribution in [2.24, 2.45) is 21.2 Å². The van der Waals surface area contributed by atoms with Gasteiger partial charge < -0.3 is 5.84 Å². The molecule has 0 aromatic rings. The van der Waals surface area contributed by atoms with Crippen LogP contribution in [0.3, 0.4) is 0 Å². The summed E-state index contributed by atoms with van der Waals surface area (Å²) in [6.45, 7) is 0. The van der Waals surface area contributed by atoms with E-state index in [1.54, 1.807) is 6.08 Å². The summed E-state index contributed by atoms with van der Waals surface area (Å²) in [5, 5.41) is 10.2. The minimum absolute atomic E-state index is 0.472. The lowest BCUT2D eigenvalue weighted by molar-refractivity contribution is 1.21. The van der Waals surface area contributed by atoms with E-state index in [4.69, 9.17) is 5.84 Å². The highest BCUT2D eigenvalue weighted by Gasteiger charge is 1.90. The number of hydrogen-bond acceptors (Lipinski definition) is 3. The molecule has 1 aliphatic rings. The monoisotopic (exact) mass is 96.0 g/mol. The molecule has 0 saturated heterocycles. The first-order valence-corrected chi connectivity index (χ1v) is 1.79. The minimum Gasteiger partial charge on any atom is -0.321 e. The SMILES string of the molecule is NN=C1C=CN=N1. The number of nitrogens with two attached hydrogens (primary N) is 1. The smallest absolute Gasteiger partial charge is 0.194 e. The van der Waals surface area contributed by atoms with E-state index >= 15 is 0 Å². The van der Waals surface area contributed by atoms with E-state index in [0.717, 1.165) is 0 Å². The Morgan fingerprint density at radius 2 is 2.57 bits per heavy atom. The molecule has 4 nitrogen and oxygen atoms in total. The lowest BCUT2D eigenvalue weighted by Gasteiger charge is -1.73. The molecule has 0 aliphatic carbocycles. The molecule has 0 fully saturated rings. The zero-order valence-corrected chi connectivity index (χ0v) is 3.57. The van der Waals surface area contributed by atoms with E-state index in [2.05, 4.69) is 15.3 Å². The summed E-state index contributed by atoms with van der Waals surface area (Å²) in [4.78, 5) is 0. The third-order valence-corrected chi connectivity index (χ3v) is 0.583. The molecule has 0 saturated carbocycles. The maximum absolute atomic E-state index is 4.82. The van der Waals surface area contributed by atoms with Crippen LogP contribution in [0.2, 0.25) is 0 Å². The van der Waals surface area contributed by atoms with E-state index in [-0.39, 0.29) is 0 Å². The van der Waals surface area contributed by atoms with Crippen LogP contribution in [-0.2, 0) is 0 Å². The van der Waals surface area contributed by atoms with Crippen LogP contribution in [0, 0.1) is 0 Å². The number of hydrogen-bond donors (Lipinski definition) is 1. The molecule has 1 heterocycles.